The van der Waals surface area contributed by atoms with Crippen LogP contribution in [0.25, 0.3) is 0 Å². The monoisotopic (exact) mass is 325 g/mol. The highest BCUT2D eigenvalue weighted by Crippen LogP contribution is 2.32. The highest BCUT2D eigenvalue weighted by Gasteiger charge is 2.19. The van der Waals surface area contributed by atoms with E-state index in [9.17, 15) is 0 Å². The lowest BCUT2D eigenvalue weighted by molar-refractivity contribution is 0.206. The number of hydrogen-bond acceptors (Lipinski definition) is 2. The Bertz CT molecular complexity index is 413. The fourth-order valence-corrected chi connectivity index (χ4v) is 3.29. The summed E-state index contributed by atoms with van der Waals surface area (Å²) in [6, 6.07) is 4.33. The van der Waals surface area contributed by atoms with E-state index in [0.717, 1.165) is 29.7 Å². The van der Waals surface area contributed by atoms with Crippen LogP contribution in [-0.4, -0.2) is 12.6 Å². The molecular formula is C16H24BrNO. The van der Waals surface area contributed by atoms with E-state index < -0.39 is 0 Å². The quantitative estimate of drug-likeness (QED) is 0.773. The minimum absolute atomic E-state index is 0.421. The number of nitrogens with one attached hydrogen (secondary N) is 1. The van der Waals surface area contributed by atoms with Gasteiger partial charge in [0.25, 0.3) is 0 Å². The van der Waals surface area contributed by atoms with E-state index in [4.69, 9.17) is 4.74 Å². The molecule has 0 spiro atoms. The zero-order chi connectivity index (χ0) is 13.7. The molecule has 2 rings (SSSR count). The molecule has 0 aliphatic heterocycles. The van der Waals surface area contributed by atoms with Crippen molar-refractivity contribution in [3.05, 3.63) is 27.7 Å². The van der Waals surface area contributed by atoms with Gasteiger partial charge in [-0.3, -0.25) is 0 Å². The molecule has 0 radical (unpaired) electrons. The first-order valence-corrected chi connectivity index (χ1v) is 8.16. The Kier molecular flexibility index (Phi) is 5.71. The van der Waals surface area contributed by atoms with E-state index in [1.807, 2.05) is 0 Å². The van der Waals surface area contributed by atoms with Crippen LogP contribution in [0, 0.1) is 6.92 Å². The molecule has 1 fully saturated rings. The van der Waals surface area contributed by atoms with Crippen LogP contribution < -0.4 is 10.1 Å². The molecule has 1 N–H and O–H groups in total. The van der Waals surface area contributed by atoms with Gasteiger partial charge in [-0.2, -0.15) is 0 Å². The smallest absolute Gasteiger partial charge is 0.127 e. The van der Waals surface area contributed by atoms with Gasteiger partial charge in [0.05, 0.1) is 6.10 Å². The molecule has 1 aliphatic carbocycles. The Morgan fingerprint density at radius 3 is 2.74 bits per heavy atom. The summed E-state index contributed by atoms with van der Waals surface area (Å²) in [6.45, 7) is 6.26. The van der Waals surface area contributed by atoms with Crippen LogP contribution in [0.1, 0.15) is 50.2 Å². The molecule has 19 heavy (non-hydrogen) atoms. The number of halogens is 1. The summed E-state index contributed by atoms with van der Waals surface area (Å²) >= 11 is 3.59. The maximum Gasteiger partial charge on any atom is 0.127 e. The topological polar surface area (TPSA) is 21.3 Å². The highest BCUT2D eigenvalue weighted by atomic mass is 79.9. The summed E-state index contributed by atoms with van der Waals surface area (Å²) in [6.07, 6.45) is 6.61. The number of ether oxygens (including phenoxy) is 1. The number of benzene rings is 1. The van der Waals surface area contributed by atoms with Gasteiger partial charge in [0.1, 0.15) is 5.75 Å². The molecular weight excluding hydrogens is 302 g/mol. The van der Waals surface area contributed by atoms with Crippen molar-refractivity contribution in [1.82, 2.24) is 5.32 Å². The van der Waals surface area contributed by atoms with Crippen LogP contribution in [0.4, 0.5) is 0 Å². The second-order valence-electron chi connectivity index (χ2n) is 5.41. The molecule has 1 aliphatic rings. The average molecular weight is 326 g/mol. The Morgan fingerprint density at radius 2 is 2.05 bits per heavy atom. The van der Waals surface area contributed by atoms with Crippen molar-refractivity contribution in [3.8, 4) is 5.75 Å². The highest BCUT2D eigenvalue weighted by molar-refractivity contribution is 9.10. The lowest BCUT2D eigenvalue weighted by Gasteiger charge is -2.19. The molecule has 0 amide bonds. The summed E-state index contributed by atoms with van der Waals surface area (Å²) in [5.41, 5.74) is 2.50. The lowest BCUT2D eigenvalue weighted by Crippen LogP contribution is -2.18. The number of rotatable bonds is 6. The van der Waals surface area contributed by atoms with Crippen LogP contribution in [0.2, 0.25) is 0 Å². The van der Waals surface area contributed by atoms with Gasteiger partial charge in [0.2, 0.25) is 0 Å². The van der Waals surface area contributed by atoms with Crippen molar-refractivity contribution in [2.75, 3.05) is 6.54 Å². The van der Waals surface area contributed by atoms with Crippen LogP contribution in [-0.2, 0) is 6.54 Å². The van der Waals surface area contributed by atoms with Crippen molar-refractivity contribution in [2.45, 2.75) is 58.6 Å². The molecule has 2 nitrogen and oxygen atoms in total. The van der Waals surface area contributed by atoms with Crippen LogP contribution >= 0.6 is 15.9 Å². The van der Waals surface area contributed by atoms with E-state index in [0.29, 0.717) is 6.10 Å². The Balaban J connectivity index is 2.13. The molecule has 3 heteroatoms. The van der Waals surface area contributed by atoms with Crippen molar-refractivity contribution in [2.24, 2.45) is 0 Å². The summed E-state index contributed by atoms with van der Waals surface area (Å²) in [4.78, 5) is 0. The molecule has 1 saturated carbocycles. The molecule has 0 aromatic heterocycles. The van der Waals surface area contributed by atoms with Crippen molar-refractivity contribution < 1.29 is 4.74 Å². The van der Waals surface area contributed by atoms with Gasteiger partial charge in [-0.1, -0.05) is 22.9 Å². The van der Waals surface area contributed by atoms with E-state index in [1.54, 1.807) is 0 Å². The van der Waals surface area contributed by atoms with E-state index >= 15 is 0 Å². The maximum absolute atomic E-state index is 6.26. The largest absolute Gasteiger partial charge is 0.490 e. The minimum atomic E-state index is 0.421. The van der Waals surface area contributed by atoms with Crippen molar-refractivity contribution in [1.29, 1.82) is 0 Å². The third-order valence-electron chi connectivity index (χ3n) is 3.65. The van der Waals surface area contributed by atoms with E-state index in [-0.39, 0.29) is 0 Å². The van der Waals surface area contributed by atoms with E-state index in [1.165, 1.54) is 36.8 Å². The predicted octanol–water partition coefficient (Wildman–Crippen LogP) is 4.58. The molecule has 0 unspecified atom stereocenters. The third kappa shape index (κ3) is 4.22. The van der Waals surface area contributed by atoms with Gasteiger partial charge in [-0.25, -0.2) is 0 Å². The van der Waals surface area contributed by atoms with Crippen molar-refractivity contribution in [3.63, 3.8) is 0 Å². The third-order valence-corrected chi connectivity index (χ3v) is 4.10. The lowest BCUT2D eigenvalue weighted by atomic mass is 10.1. The van der Waals surface area contributed by atoms with Gasteiger partial charge in [-0.15, -0.1) is 0 Å². The Hall–Kier alpha value is -0.540. The predicted molar refractivity (Wildman–Crippen MR) is 83.8 cm³/mol. The first-order valence-electron chi connectivity index (χ1n) is 7.37. The standard InChI is InChI=1S/C16H24BrNO/c1-3-8-18-11-13-10-14(17)9-12(2)16(13)19-15-6-4-5-7-15/h9-10,15,18H,3-8,11H2,1-2H3. The molecule has 106 valence electrons. The van der Waals surface area contributed by atoms with Gasteiger partial charge in [0, 0.05) is 16.6 Å². The maximum atomic E-state index is 6.26. The average Bonchev–Trinajstić information content (AvgIpc) is 2.86. The summed E-state index contributed by atoms with van der Waals surface area (Å²) in [5, 5.41) is 3.47. The fourth-order valence-electron chi connectivity index (χ4n) is 2.67. The van der Waals surface area contributed by atoms with Crippen LogP contribution in [0.3, 0.4) is 0 Å². The Labute approximate surface area is 125 Å². The number of hydrogen-bond donors (Lipinski definition) is 1. The molecule has 0 atom stereocenters. The second-order valence-corrected chi connectivity index (χ2v) is 6.33. The number of aryl methyl sites for hydroxylation is 1. The minimum Gasteiger partial charge on any atom is -0.490 e. The Morgan fingerprint density at radius 1 is 1.32 bits per heavy atom. The second kappa shape index (κ2) is 7.30. The first-order chi connectivity index (χ1) is 9.20. The molecule has 1 aromatic rings. The summed E-state index contributed by atoms with van der Waals surface area (Å²) in [5.74, 6) is 1.10. The van der Waals surface area contributed by atoms with Gasteiger partial charge in [0.15, 0.2) is 0 Å². The molecule has 1 aromatic carbocycles. The molecule has 0 bridgehead atoms. The first kappa shape index (κ1) is 14.9. The zero-order valence-corrected chi connectivity index (χ0v) is 13.6. The molecule has 0 saturated heterocycles. The van der Waals surface area contributed by atoms with E-state index in [2.05, 4.69) is 47.2 Å². The fraction of sp³-hybridized carbons (Fsp3) is 0.625. The molecule has 0 heterocycles. The van der Waals surface area contributed by atoms with Gasteiger partial charge < -0.3 is 10.1 Å². The normalized spacial score (nSPS) is 15.9. The van der Waals surface area contributed by atoms with Crippen LogP contribution in [0.5, 0.6) is 5.75 Å². The zero-order valence-electron chi connectivity index (χ0n) is 12.0. The van der Waals surface area contributed by atoms with Gasteiger partial charge in [-0.05, 0) is 63.3 Å². The summed E-state index contributed by atoms with van der Waals surface area (Å²) < 4.78 is 7.40. The van der Waals surface area contributed by atoms with Gasteiger partial charge >= 0.3 is 0 Å². The SMILES string of the molecule is CCCNCc1cc(Br)cc(C)c1OC1CCCC1. The van der Waals surface area contributed by atoms with Crippen LogP contribution in [0.15, 0.2) is 16.6 Å². The van der Waals surface area contributed by atoms with Crippen molar-refractivity contribution >= 4 is 15.9 Å². The summed E-state index contributed by atoms with van der Waals surface area (Å²) in [7, 11) is 0.